The lowest BCUT2D eigenvalue weighted by molar-refractivity contribution is -0.170. The largest absolute Gasteiger partial charge is 0.378 e. The van der Waals surface area contributed by atoms with E-state index in [1.807, 2.05) is 20.8 Å². The summed E-state index contributed by atoms with van der Waals surface area (Å²) in [5.41, 5.74) is 4.97. The third-order valence-electron chi connectivity index (χ3n) is 4.15. The Bertz CT molecular complexity index is 444. The molecule has 1 heterocycles. The fourth-order valence-electron chi connectivity index (χ4n) is 2.48. The summed E-state index contributed by atoms with van der Waals surface area (Å²) in [4.78, 5) is 12.3. The lowest BCUT2D eigenvalue weighted by Crippen LogP contribution is -2.75. The molecule has 1 aliphatic carbocycles. The van der Waals surface area contributed by atoms with E-state index in [2.05, 4.69) is 10.5 Å². The van der Waals surface area contributed by atoms with Crippen LogP contribution in [0.1, 0.15) is 33.0 Å². The summed E-state index contributed by atoms with van der Waals surface area (Å²) in [6.45, 7) is 6.79. The predicted octanol–water partition coefficient (Wildman–Crippen LogP) is 0.823. The van der Waals surface area contributed by atoms with Crippen molar-refractivity contribution in [2.75, 3.05) is 6.61 Å². The zero-order valence-electron chi connectivity index (χ0n) is 11.6. The molecule has 1 aromatic rings. The number of rotatable bonds is 5. The molecule has 0 radical (unpaired) electrons. The fraction of sp³-hybridized carbons (Fsp3) is 0.692. The molecule has 0 aliphatic heterocycles. The first-order chi connectivity index (χ1) is 8.91. The number of nitrogens with two attached hydrogens (primary N) is 1. The minimum atomic E-state index is -0.896. The molecule has 106 valence electrons. The van der Waals surface area contributed by atoms with Gasteiger partial charge in [-0.1, -0.05) is 19.0 Å². The zero-order valence-corrected chi connectivity index (χ0v) is 11.6. The SMILES string of the molecule is CCOC1CC(N)(C(=O)NCc2ccno2)C1(C)C. The van der Waals surface area contributed by atoms with Gasteiger partial charge in [0.15, 0.2) is 5.76 Å². The topological polar surface area (TPSA) is 90.4 Å². The van der Waals surface area contributed by atoms with Gasteiger partial charge in [0.1, 0.15) is 5.54 Å². The van der Waals surface area contributed by atoms with E-state index in [4.69, 9.17) is 15.0 Å². The van der Waals surface area contributed by atoms with Crippen molar-refractivity contribution < 1.29 is 14.1 Å². The van der Waals surface area contributed by atoms with E-state index in [0.29, 0.717) is 25.3 Å². The number of amides is 1. The Kier molecular flexibility index (Phi) is 3.64. The van der Waals surface area contributed by atoms with E-state index in [9.17, 15) is 4.79 Å². The van der Waals surface area contributed by atoms with Crippen LogP contribution in [-0.2, 0) is 16.1 Å². The molecule has 1 aliphatic rings. The molecule has 0 bridgehead atoms. The van der Waals surface area contributed by atoms with Crippen LogP contribution in [-0.4, -0.2) is 29.3 Å². The summed E-state index contributed by atoms with van der Waals surface area (Å²) in [7, 11) is 0. The zero-order chi connectivity index (χ0) is 14.1. The summed E-state index contributed by atoms with van der Waals surface area (Å²) in [5.74, 6) is 0.431. The summed E-state index contributed by atoms with van der Waals surface area (Å²) in [6, 6.07) is 1.71. The molecule has 2 atom stereocenters. The van der Waals surface area contributed by atoms with Crippen molar-refractivity contribution in [2.45, 2.75) is 45.4 Å². The first kappa shape index (κ1) is 14.0. The second-order valence-corrected chi connectivity index (χ2v) is 5.50. The average molecular weight is 267 g/mol. The number of nitrogens with one attached hydrogen (secondary N) is 1. The Balaban J connectivity index is 1.95. The number of hydrogen-bond donors (Lipinski definition) is 2. The van der Waals surface area contributed by atoms with Gasteiger partial charge in [0.2, 0.25) is 5.91 Å². The Morgan fingerprint density at radius 3 is 2.95 bits per heavy atom. The van der Waals surface area contributed by atoms with Gasteiger partial charge in [-0.2, -0.15) is 0 Å². The maximum Gasteiger partial charge on any atom is 0.241 e. The van der Waals surface area contributed by atoms with Crippen molar-refractivity contribution >= 4 is 5.91 Å². The number of carbonyl (C=O) groups is 1. The monoisotopic (exact) mass is 267 g/mol. The van der Waals surface area contributed by atoms with Gasteiger partial charge in [-0.25, -0.2) is 0 Å². The van der Waals surface area contributed by atoms with Crippen LogP contribution in [0.5, 0.6) is 0 Å². The van der Waals surface area contributed by atoms with Crippen LogP contribution in [0.2, 0.25) is 0 Å². The molecular formula is C13H21N3O3. The summed E-state index contributed by atoms with van der Waals surface area (Å²) in [5, 5.41) is 6.38. The highest BCUT2D eigenvalue weighted by atomic mass is 16.5. The van der Waals surface area contributed by atoms with Crippen LogP contribution in [0.4, 0.5) is 0 Å². The summed E-state index contributed by atoms with van der Waals surface area (Å²) in [6.07, 6.45) is 2.10. The lowest BCUT2D eigenvalue weighted by atomic mass is 9.54. The smallest absolute Gasteiger partial charge is 0.241 e. The highest BCUT2D eigenvalue weighted by Gasteiger charge is 2.62. The Morgan fingerprint density at radius 1 is 1.68 bits per heavy atom. The minimum Gasteiger partial charge on any atom is -0.378 e. The van der Waals surface area contributed by atoms with Crippen molar-refractivity contribution in [1.29, 1.82) is 0 Å². The van der Waals surface area contributed by atoms with E-state index in [1.54, 1.807) is 6.07 Å². The van der Waals surface area contributed by atoms with Crippen LogP contribution < -0.4 is 11.1 Å². The Labute approximate surface area is 112 Å². The van der Waals surface area contributed by atoms with E-state index < -0.39 is 5.54 Å². The van der Waals surface area contributed by atoms with E-state index >= 15 is 0 Å². The van der Waals surface area contributed by atoms with Crippen molar-refractivity contribution in [1.82, 2.24) is 10.5 Å². The van der Waals surface area contributed by atoms with Crippen LogP contribution in [0.15, 0.2) is 16.8 Å². The van der Waals surface area contributed by atoms with Crippen LogP contribution in [0.3, 0.4) is 0 Å². The molecule has 1 amide bonds. The summed E-state index contributed by atoms with van der Waals surface area (Å²) < 4.78 is 10.5. The molecule has 1 aromatic heterocycles. The highest BCUT2D eigenvalue weighted by molar-refractivity contribution is 5.88. The van der Waals surface area contributed by atoms with Gasteiger partial charge in [-0.3, -0.25) is 4.79 Å². The molecule has 0 aromatic carbocycles. The van der Waals surface area contributed by atoms with Crippen molar-refractivity contribution in [3.63, 3.8) is 0 Å². The van der Waals surface area contributed by atoms with E-state index in [0.717, 1.165) is 0 Å². The normalized spacial score (nSPS) is 28.7. The number of ether oxygens (including phenoxy) is 1. The summed E-state index contributed by atoms with van der Waals surface area (Å²) >= 11 is 0. The fourth-order valence-corrected chi connectivity index (χ4v) is 2.48. The minimum absolute atomic E-state index is 0.0264. The second-order valence-electron chi connectivity index (χ2n) is 5.50. The molecule has 19 heavy (non-hydrogen) atoms. The van der Waals surface area contributed by atoms with Gasteiger partial charge in [-0.15, -0.1) is 0 Å². The third-order valence-corrected chi connectivity index (χ3v) is 4.15. The first-order valence-corrected chi connectivity index (χ1v) is 6.50. The maximum absolute atomic E-state index is 12.3. The number of hydrogen-bond acceptors (Lipinski definition) is 5. The van der Waals surface area contributed by atoms with Gasteiger partial charge in [-0.05, 0) is 6.92 Å². The maximum atomic E-state index is 12.3. The van der Waals surface area contributed by atoms with Crippen molar-refractivity contribution in [2.24, 2.45) is 11.1 Å². The van der Waals surface area contributed by atoms with Gasteiger partial charge in [0.25, 0.3) is 0 Å². The quantitative estimate of drug-likeness (QED) is 0.824. The molecule has 0 spiro atoms. The molecule has 1 fully saturated rings. The number of aromatic nitrogens is 1. The molecule has 1 saturated carbocycles. The average Bonchev–Trinajstić information content (AvgIpc) is 2.88. The number of nitrogens with zero attached hydrogens (tertiary/aromatic N) is 1. The van der Waals surface area contributed by atoms with Gasteiger partial charge >= 0.3 is 0 Å². The Hall–Kier alpha value is -1.40. The molecule has 2 rings (SSSR count). The number of carbonyl (C=O) groups excluding carboxylic acids is 1. The van der Waals surface area contributed by atoms with Crippen LogP contribution >= 0.6 is 0 Å². The van der Waals surface area contributed by atoms with E-state index in [1.165, 1.54) is 6.20 Å². The predicted molar refractivity (Wildman–Crippen MR) is 69.1 cm³/mol. The molecular weight excluding hydrogens is 246 g/mol. The van der Waals surface area contributed by atoms with Crippen LogP contribution in [0, 0.1) is 5.41 Å². The second kappa shape index (κ2) is 4.94. The van der Waals surface area contributed by atoms with Crippen molar-refractivity contribution in [3.05, 3.63) is 18.0 Å². The third kappa shape index (κ3) is 2.26. The van der Waals surface area contributed by atoms with Crippen LogP contribution in [0.25, 0.3) is 0 Å². The molecule has 6 heteroatoms. The highest BCUT2D eigenvalue weighted by Crippen LogP contribution is 2.49. The molecule has 0 saturated heterocycles. The van der Waals surface area contributed by atoms with E-state index in [-0.39, 0.29) is 17.4 Å². The van der Waals surface area contributed by atoms with Crippen molar-refractivity contribution in [3.8, 4) is 0 Å². The molecule has 2 unspecified atom stereocenters. The van der Waals surface area contributed by atoms with Gasteiger partial charge in [0, 0.05) is 24.5 Å². The molecule has 6 nitrogen and oxygen atoms in total. The first-order valence-electron chi connectivity index (χ1n) is 6.50. The van der Waals surface area contributed by atoms with Gasteiger partial charge in [0.05, 0.1) is 18.8 Å². The molecule has 3 N–H and O–H groups in total. The Morgan fingerprint density at radius 2 is 2.42 bits per heavy atom. The van der Waals surface area contributed by atoms with Gasteiger partial charge < -0.3 is 20.3 Å². The lowest BCUT2D eigenvalue weighted by Gasteiger charge is -2.57. The standard InChI is InChI=1S/C13H21N3O3/c1-4-18-10-7-13(14,12(10,2)3)11(17)15-8-9-5-6-16-19-9/h5-6,10H,4,7-8,14H2,1-3H3,(H,15,17).